The predicted octanol–water partition coefficient (Wildman–Crippen LogP) is 18.2. The van der Waals surface area contributed by atoms with E-state index in [2.05, 4.69) is 234 Å². The van der Waals surface area contributed by atoms with Crippen molar-refractivity contribution in [2.45, 2.75) is 0 Å². The molecule has 0 aliphatic carbocycles. The molecule has 0 saturated carbocycles. The minimum atomic E-state index is 0.501. The highest BCUT2D eigenvalue weighted by molar-refractivity contribution is 6.13. The van der Waals surface area contributed by atoms with Gasteiger partial charge in [-0.25, -0.2) is 0 Å². The molecule has 16 aromatic rings. The van der Waals surface area contributed by atoms with Crippen molar-refractivity contribution in [2.24, 2.45) is 0 Å². The molecule has 5 aromatic heterocycles. The number of furan rings is 2. The van der Waals surface area contributed by atoms with E-state index in [0.717, 1.165) is 138 Å². The fourth-order valence-corrected chi connectivity index (χ4v) is 11.7. The average Bonchev–Trinajstić information content (AvgIpc) is 4.24. The van der Waals surface area contributed by atoms with E-state index in [1.54, 1.807) is 0 Å². The Morgan fingerprint density at radius 2 is 0.632 bits per heavy atom. The van der Waals surface area contributed by atoms with Gasteiger partial charge in [-0.1, -0.05) is 188 Å². The summed E-state index contributed by atoms with van der Waals surface area (Å²) in [5, 5.41) is 8.73. The summed E-state index contributed by atoms with van der Waals surface area (Å²) in [5.74, 6) is 1.55. The standard InChI is InChI=1S/C69H41N5O2/c1-3-16-42(17-4-1)48-24-15-25-49(43-18-5-2-6-19-43)66(48)67-70-68(73-58-26-11-7-20-50(58)52-34-30-46(40-60(52)73)44-32-36-64-56(38-44)54-22-9-13-28-62(54)75-64)72-69(71-67)74-59-27-12-8-21-51(59)53-35-31-47(41-61(53)74)45-33-37-65-57(39-45)55-23-10-14-29-63(55)76-65/h1-41H. The zero-order valence-electron chi connectivity index (χ0n) is 40.7. The van der Waals surface area contributed by atoms with Gasteiger partial charge in [0.25, 0.3) is 0 Å². The highest BCUT2D eigenvalue weighted by Crippen LogP contribution is 2.43. The summed E-state index contributed by atoms with van der Waals surface area (Å²) in [7, 11) is 0. The highest BCUT2D eigenvalue weighted by atomic mass is 16.3. The van der Waals surface area contributed by atoms with Crippen molar-refractivity contribution in [3.05, 3.63) is 249 Å². The fraction of sp³-hybridized carbons (Fsp3) is 0. The van der Waals surface area contributed by atoms with Crippen molar-refractivity contribution in [1.29, 1.82) is 0 Å². The Bertz CT molecular complexity index is 4700. The molecule has 7 nitrogen and oxygen atoms in total. The minimum Gasteiger partial charge on any atom is -0.456 e. The Hall–Kier alpha value is -10.4. The molecule has 354 valence electrons. The summed E-state index contributed by atoms with van der Waals surface area (Å²) in [6, 6.07) is 87.6. The monoisotopic (exact) mass is 971 g/mol. The summed E-state index contributed by atoms with van der Waals surface area (Å²) in [6.07, 6.45) is 0. The van der Waals surface area contributed by atoms with Gasteiger partial charge in [0.2, 0.25) is 11.9 Å². The molecule has 0 aliphatic heterocycles. The molecule has 11 aromatic carbocycles. The van der Waals surface area contributed by atoms with E-state index in [1.165, 1.54) is 0 Å². The first-order valence-electron chi connectivity index (χ1n) is 25.6. The largest absolute Gasteiger partial charge is 0.456 e. The van der Waals surface area contributed by atoms with Gasteiger partial charge in [-0.05, 0) is 105 Å². The molecule has 5 heterocycles. The van der Waals surface area contributed by atoms with Crippen LogP contribution in [0, 0.1) is 0 Å². The van der Waals surface area contributed by atoms with Gasteiger partial charge in [0.15, 0.2) is 5.82 Å². The second-order valence-electron chi connectivity index (χ2n) is 19.5. The molecule has 0 radical (unpaired) electrons. The number of rotatable bonds is 7. The SMILES string of the molecule is c1ccc(-c2cccc(-c3ccccc3)c2-c2nc(-n3c4ccccc4c4ccc(-c5ccc6oc7ccccc7c6c5)cc43)nc(-n3c4ccccc4c4ccc(-c5ccc6oc7ccccc7c6c5)cc43)n2)cc1. The lowest BCUT2D eigenvalue weighted by atomic mass is 9.91. The summed E-state index contributed by atoms with van der Waals surface area (Å²) >= 11 is 0. The van der Waals surface area contributed by atoms with E-state index >= 15 is 0 Å². The van der Waals surface area contributed by atoms with Gasteiger partial charge < -0.3 is 8.83 Å². The van der Waals surface area contributed by atoms with E-state index < -0.39 is 0 Å². The van der Waals surface area contributed by atoms with E-state index in [1.807, 2.05) is 24.3 Å². The van der Waals surface area contributed by atoms with Crippen molar-refractivity contribution >= 4 is 87.5 Å². The third-order valence-electron chi connectivity index (χ3n) is 15.2. The normalized spacial score (nSPS) is 11.9. The van der Waals surface area contributed by atoms with E-state index in [4.69, 9.17) is 23.8 Å². The maximum Gasteiger partial charge on any atom is 0.240 e. The third kappa shape index (κ3) is 6.52. The first-order valence-corrected chi connectivity index (χ1v) is 25.6. The zero-order valence-corrected chi connectivity index (χ0v) is 40.7. The molecule has 0 saturated heterocycles. The molecule has 76 heavy (non-hydrogen) atoms. The van der Waals surface area contributed by atoms with Gasteiger partial charge in [-0.3, -0.25) is 9.13 Å². The van der Waals surface area contributed by atoms with Crippen molar-refractivity contribution in [3.8, 4) is 67.8 Å². The second kappa shape index (κ2) is 16.6. The molecular formula is C69H41N5O2. The lowest BCUT2D eigenvalue weighted by Gasteiger charge is -2.17. The van der Waals surface area contributed by atoms with Crippen LogP contribution in [0.3, 0.4) is 0 Å². The highest BCUT2D eigenvalue weighted by Gasteiger charge is 2.25. The number of para-hydroxylation sites is 4. The van der Waals surface area contributed by atoms with E-state index in [0.29, 0.717) is 17.7 Å². The van der Waals surface area contributed by atoms with Crippen molar-refractivity contribution in [1.82, 2.24) is 24.1 Å². The third-order valence-corrected chi connectivity index (χ3v) is 15.2. The van der Waals surface area contributed by atoms with Crippen molar-refractivity contribution < 1.29 is 8.83 Å². The molecule has 7 heteroatoms. The quantitative estimate of drug-likeness (QED) is 0.159. The van der Waals surface area contributed by atoms with Crippen LogP contribution in [0.1, 0.15) is 0 Å². The molecule has 0 spiro atoms. The second-order valence-corrected chi connectivity index (χ2v) is 19.5. The number of nitrogens with zero attached hydrogens (tertiary/aromatic N) is 5. The Balaban J connectivity index is 0.989. The summed E-state index contributed by atoms with van der Waals surface area (Å²) < 4.78 is 17.0. The Kier molecular flexibility index (Phi) is 9.20. The van der Waals surface area contributed by atoms with Crippen LogP contribution >= 0.6 is 0 Å². The van der Waals surface area contributed by atoms with Crippen LogP contribution in [0.25, 0.3) is 155 Å². The first-order chi connectivity index (χ1) is 37.7. The molecular weight excluding hydrogens is 931 g/mol. The topological polar surface area (TPSA) is 74.8 Å². The van der Waals surface area contributed by atoms with Crippen LogP contribution in [0.5, 0.6) is 0 Å². The smallest absolute Gasteiger partial charge is 0.240 e. The predicted molar refractivity (Wildman–Crippen MR) is 310 cm³/mol. The number of hydrogen-bond acceptors (Lipinski definition) is 5. The molecule has 0 bridgehead atoms. The maximum absolute atomic E-state index is 6.27. The number of fused-ring (bicyclic) bond motifs is 12. The molecule has 0 amide bonds. The molecule has 16 rings (SSSR count). The average molecular weight is 972 g/mol. The van der Waals surface area contributed by atoms with E-state index in [-0.39, 0.29) is 0 Å². The molecule has 0 unspecified atom stereocenters. The van der Waals surface area contributed by atoms with Crippen LogP contribution in [0.2, 0.25) is 0 Å². The molecule has 0 N–H and O–H groups in total. The molecule has 0 fully saturated rings. The van der Waals surface area contributed by atoms with Crippen LogP contribution in [0.4, 0.5) is 0 Å². The van der Waals surface area contributed by atoms with Crippen LogP contribution in [-0.4, -0.2) is 24.1 Å². The summed E-state index contributed by atoms with van der Waals surface area (Å²) in [6.45, 7) is 0. The summed E-state index contributed by atoms with van der Waals surface area (Å²) in [4.78, 5) is 17.0. The Labute approximate surface area is 434 Å². The fourth-order valence-electron chi connectivity index (χ4n) is 11.7. The van der Waals surface area contributed by atoms with E-state index in [9.17, 15) is 0 Å². The van der Waals surface area contributed by atoms with Gasteiger partial charge >= 0.3 is 0 Å². The van der Waals surface area contributed by atoms with Crippen LogP contribution in [0.15, 0.2) is 258 Å². The Morgan fingerprint density at radius 3 is 1.12 bits per heavy atom. The van der Waals surface area contributed by atoms with Gasteiger partial charge in [-0.15, -0.1) is 0 Å². The van der Waals surface area contributed by atoms with Gasteiger partial charge in [0.05, 0.1) is 22.1 Å². The van der Waals surface area contributed by atoms with Crippen LogP contribution in [-0.2, 0) is 0 Å². The number of aromatic nitrogens is 5. The first kappa shape index (κ1) is 42.2. The van der Waals surface area contributed by atoms with Crippen LogP contribution < -0.4 is 0 Å². The van der Waals surface area contributed by atoms with Crippen molar-refractivity contribution in [2.75, 3.05) is 0 Å². The van der Waals surface area contributed by atoms with Crippen molar-refractivity contribution in [3.63, 3.8) is 0 Å². The minimum absolute atomic E-state index is 0.501. The Morgan fingerprint density at radius 1 is 0.250 bits per heavy atom. The number of hydrogen-bond donors (Lipinski definition) is 0. The number of benzene rings is 11. The maximum atomic E-state index is 6.27. The lowest BCUT2D eigenvalue weighted by molar-refractivity contribution is 0.668. The van der Waals surface area contributed by atoms with Gasteiger partial charge in [-0.2, -0.15) is 15.0 Å². The van der Waals surface area contributed by atoms with Gasteiger partial charge in [0, 0.05) is 48.7 Å². The zero-order chi connectivity index (χ0) is 49.8. The summed E-state index contributed by atoms with van der Waals surface area (Å²) in [5.41, 5.74) is 16.8. The van der Waals surface area contributed by atoms with Gasteiger partial charge in [0.1, 0.15) is 22.3 Å². The molecule has 0 aliphatic rings. The molecule has 0 atom stereocenters. The lowest BCUT2D eigenvalue weighted by Crippen LogP contribution is -2.11.